The monoisotopic (exact) mass is 440 g/mol. The first-order valence-corrected chi connectivity index (χ1v) is 9.95. The van der Waals surface area contributed by atoms with Gasteiger partial charge in [-0.1, -0.05) is 11.6 Å². The average molecular weight is 442 g/mol. The smallest absolute Gasteiger partial charge is 0.328 e. The highest BCUT2D eigenvalue weighted by atomic mass is 79.9. The van der Waals surface area contributed by atoms with Crippen LogP contribution in [-0.2, 0) is 17.6 Å². The van der Waals surface area contributed by atoms with E-state index in [9.17, 15) is 9.90 Å². The molecular weight excluding hydrogens is 424 g/mol. The van der Waals surface area contributed by atoms with Gasteiger partial charge in [-0.3, -0.25) is 4.99 Å². The average Bonchev–Trinajstić information content (AvgIpc) is 2.90. The van der Waals surface area contributed by atoms with Crippen molar-refractivity contribution in [3.63, 3.8) is 0 Å². The molecule has 7 heteroatoms. The number of hydrogen-bond acceptors (Lipinski definition) is 3. The van der Waals surface area contributed by atoms with Crippen LogP contribution in [0.15, 0.2) is 38.4 Å². The number of halogens is 2. The number of hydrogen-bond donors (Lipinski definition) is 2. The first-order valence-electron chi connectivity index (χ1n) is 7.83. The molecule has 2 heterocycles. The lowest BCUT2D eigenvalue weighted by Gasteiger charge is -2.35. The number of rotatable bonds is 4. The van der Waals surface area contributed by atoms with Crippen LogP contribution in [0.5, 0.6) is 0 Å². The van der Waals surface area contributed by atoms with Crippen LogP contribution in [0.3, 0.4) is 0 Å². The molecule has 25 heavy (non-hydrogen) atoms. The summed E-state index contributed by atoms with van der Waals surface area (Å²) < 4.78 is 0.924. The second kappa shape index (κ2) is 7.09. The van der Waals surface area contributed by atoms with E-state index in [0.717, 1.165) is 27.6 Å². The third kappa shape index (κ3) is 4.25. The quantitative estimate of drug-likeness (QED) is 0.733. The molecule has 0 aliphatic carbocycles. The zero-order valence-electron chi connectivity index (χ0n) is 13.8. The highest BCUT2D eigenvalue weighted by Gasteiger charge is 2.30. The lowest BCUT2D eigenvalue weighted by molar-refractivity contribution is -0.138. The van der Waals surface area contributed by atoms with Gasteiger partial charge in [-0.2, -0.15) is 11.3 Å². The molecule has 0 unspecified atom stereocenters. The number of aliphatic carboxylic acids is 1. The van der Waals surface area contributed by atoms with Gasteiger partial charge in [0.2, 0.25) is 0 Å². The zero-order chi connectivity index (χ0) is 18.2. The van der Waals surface area contributed by atoms with Crippen molar-refractivity contribution in [2.24, 2.45) is 4.99 Å². The van der Waals surface area contributed by atoms with Crippen LogP contribution in [0, 0.1) is 0 Å². The number of carboxylic acid groups (broad SMARTS) is 1. The molecule has 0 spiro atoms. The van der Waals surface area contributed by atoms with Gasteiger partial charge in [-0.25, -0.2) is 4.79 Å². The van der Waals surface area contributed by atoms with Crippen LogP contribution < -0.4 is 5.32 Å². The number of carbonyl (C=O) groups is 1. The van der Waals surface area contributed by atoms with Crippen LogP contribution in [-0.4, -0.2) is 28.5 Å². The summed E-state index contributed by atoms with van der Waals surface area (Å²) in [5.74, 6) is -0.326. The molecule has 1 aliphatic rings. The van der Waals surface area contributed by atoms with Crippen molar-refractivity contribution >= 4 is 50.7 Å². The molecule has 2 N–H and O–H groups in total. The molecule has 0 saturated heterocycles. The summed E-state index contributed by atoms with van der Waals surface area (Å²) in [4.78, 5) is 16.3. The largest absolute Gasteiger partial charge is 0.480 e. The fourth-order valence-electron chi connectivity index (χ4n) is 2.96. The molecule has 4 nitrogen and oxygen atoms in total. The minimum absolute atomic E-state index is 0.220. The number of carboxylic acids is 1. The van der Waals surface area contributed by atoms with Crippen LogP contribution in [0.1, 0.15) is 30.5 Å². The molecular formula is C18H18BrClN2O2S. The predicted molar refractivity (Wildman–Crippen MR) is 106 cm³/mol. The van der Waals surface area contributed by atoms with Crippen molar-refractivity contribution in [2.75, 3.05) is 0 Å². The molecule has 0 saturated carbocycles. The van der Waals surface area contributed by atoms with E-state index in [0.29, 0.717) is 17.3 Å². The fourth-order valence-corrected chi connectivity index (χ4v) is 4.63. The standard InChI is InChI=1S/C18H18BrClN2O2S/c1-18(2)7-10-5-12(20)3-4-13(10)16(22-18)21-15(17(23)24)6-11-8-25-9-14(11)19/h3-5,8-9,15H,6-7H2,1-2H3,(H,21,22)(H,23,24)/t15-/m0/s1. The Kier molecular flexibility index (Phi) is 5.23. The van der Waals surface area contributed by atoms with E-state index >= 15 is 0 Å². The highest BCUT2D eigenvalue weighted by molar-refractivity contribution is 9.10. The molecule has 1 atom stereocenters. The van der Waals surface area contributed by atoms with E-state index in [2.05, 4.69) is 40.1 Å². The second-order valence-corrected chi connectivity index (χ2v) is 8.80. The van der Waals surface area contributed by atoms with Gasteiger partial charge in [0.05, 0.1) is 0 Å². The summed E-state index contributed by atoms with van der Waals surface area (Å²) in [5.41, 5.74) is 2.73. The van der Waals surface area contributed by atoms with Gasteiger partial charge in [0, 0.05) is 32.4 Å². The molecule has 1 aromatic carbocycles. The van der Waals surface area contributed by atoms with Crippen LogP contribution in [0.25, 0.3) is 0 Å². The van der Waals surface area contributed by atoms with E-state index in [4.69, 9.17) is 11.6 Å². The maximum Gasteiger partial charge on any atom is 0.328 e. The SMILES string of the molecule is CC1(C)Cc2cc(Cl)ccc2C(=N[C@@H](Cc2cscc2Br)C(=O)O)N1. The molecule has 3 rings (SSSR count). The van der Waals surface area contributed by atoms with Crippen molar-refractivity contribution in [1.29, 1.82) is 0 Å². The Hall–Kier alpha value is -1.37. The second-order valence-electron chi connectivity index (χ2n) is 6.77. The Labute approximate surface area is 164 Å². The van der Waals surface area contributed by atoms with Crippen molar-refractivity contribution in [3.05, 3.63) is 55.1 Å². The van der Waals surface area contributed by atoms with Crippen molar-refractivity contribution in [1.82, 2.24) is 5.32 Å². The minimum atomic E-state index is -0.939. The number of aliphatic imine (C=N–C) groups is 1. The summed E-state index contributed by atoms with van der Waals surface area (Å²) in [6, 6.07) is 4.78. The topological polar surface area (TPSA) is 61.7 Å². The third-order valence-electron chi connectivity index (χ3n) is 4.08. The molecule has 0 radical (unpaired) electrons. The number of thiophene rings is 1. The van der Waals surface area contributed by atoms with Crippen molar-refractivity contribution in [2.45, 2.75) is 38.3 Å². The Bertz CT molecular complexity index is 847. The molecule has 0 bridgehead atoms. The number of benzene rings is 1. The summed E-state index contributed by atoms with van der Waals surface area (Å²) in [6.45, 7) is 4.13. The number of fused-ring (bicyclic) bond motifs is 1. The third-order valence-corrected chi connectivity index (χ3v) is 6.15. The lowest BCUT2D eigenvalue weighted by Crippen LogP contribution is -2.50. The number of nitrogens with zero attached hydrogens (tertiary/aromatic N) is 1. The molecule has 132 valence electrons. The Morgan fingerprint density at radius 3 is 2.88 bits per heavy atom. The Morgan fingerprint density at radius 2 is 2.24 bits per heavy atom. The molecule has 1 aromatic heterocycles. The van der Waals surface area contributed by atoms with E-state index in [1.807, 2.05) is 22.9 Å². The van der Waals surface area contributed by atoms with Gasteiger partial charge < -0.3 is 10.4 Å². The van der Waals surface area contributed by atoms with Gasteiger partial charge in [0.15, 0.2) is 6.04 Å². The van der Waals surface area contributed by atoms with Crippen LogP contribution in [0.2, 0.25) is 5.02 Å². The minimum Gasteiger partial charge on any atom is -0.480 e. The molecule has 0 fully saturated rings. The van der Waals surface area contributed by atoms with E-state index in [-0.39, 0.29) is 5.54 Å². The van der Waals surface area contributed by atoms with Crippen molar-refractivity contribution in [3.8, 4) is 0 Å². The first kappa shape index (κ1) is 18.4. The lowest BCUT2D eigenvalue weighted by atomic mass is 9.87. The van der Waals surface area contributed by atoms with Crippen LogP contribution >= 0.6 is 38.9 Å². The zero-order valence-corrected chi connectivity index (χ0v) is 17.0. The first-order chi connectivity index (χ1) is 11.7. The summed E-state index contributed by atoms with van der Waals surface area (Å²) in [5, 5.41) is 17.6. The highest BCUT2D eigenvalue weighted by Crippen LogP contribution is 2.27. The van der Waals surface area contributed by atoms with Gasteiger partial charge in [-0.15, -0.1) is 0 Å². The number of amidine groups is 1. The van der Waals surface area contributed by atoms with Crippen molar-refractivity contribution < 1.29 is 9.90 Å². The number of nitrogens with one attached hydrogen (secondary N) is 1. The molecule has 2 aromatic rings. The normalized spacial score (nSPS) is 18.5. The summed E-state index contributed by atoms with van der Waals surface area (Å²) in [7, 11) is 0. The van der Waals surface area contributed by atoms with E-state index in [1.165, 1.54) is 11.3 Å². The summed E-state index contributed by atoms with van der Waals surface area (Å²) in [6.07, 6.45) is 1.14. The predicted octanol–water partition coefficient (Wildman–Crippen LogP) is 4.53. The van der Waals surface area contributed by atoms with Gasteiger partial charge in [-0.05, 0) is 70.9 Å². The Balaban J connectivity index is 2.00. The molecule has 1 aliphatic heterocycles. The Morgan fingerprint density at radius 1 is 1.48 bits per heavy atom. The maximum atomic E-state index is 11.8. The van der Waals surface area contributed by atoms with Crippen LogP contribution in [0.4, 0.5) is 0 Å². The molecule has 0 amide bonds. The van der Waals surface area contributed by atoms with Gasteiger partial charge in [0.1, 0.15) is 5.84 Å². The van der Waals surface area contributed by atoms with Gasteiger partial charge >= 0.3 is 5.97 Å². The van der Waals surface area contributed by atoms with Gasteiger partial charge in [0.25, 0.3) is 0 Å². The maximum absolute atomic E-state index is 11.8. The summed E-state index contributed by atoms with van der Waals surface area (Å²) >= 11 is 11.1. The fraction of sp³-hybridized carbons (Fsp3) is 0.333. The van der Waals surface area contributed by atoms with E-state index in [1.54, 1.807) is 6.07 Å². The van der Waals surface area contributed by atoms with E-state index < -0.39 is 12.0 Å².